The number of para-hydroxylation sites is 2. The third-order valence-corrected chi connectivity index (χ3v) is 6.81. The number of sulfonamides is 1. The van der Waals surface area contributed by atoms with Gasteiger partial charge in [-0.25, -0.2) is 8.42 Å². The van der Waals surface area contributed by atoms with Crippen LogP contribution in [0.3, 0.4) is 0 Å². The number of carbonyl (C=O) groups is 1. The largest absolute Gasteiger partial charge is 0.476 e. The highest BCUT2D eigenvalue weighted by molar-refractivity contribution is 7.92. The number of benzene rings is 3. The molecule has 0 spiro atoms. The molecule has 0 aliphatic carbocycles. The fourth-order valence-electron chi connectivity index (χ4n) is 3.50. The Morgan fingerprint density at radius 3 is 2.62 bits per heavy atom. The van der Waals surface area contributed by atoms with Gasteiger partial charge in [0.25, 0.3) is 5.91 Å². The minimum atomic E-state index is -3.52. The molecule has 1 atom stereocenters. The summed E-state index contributed by atoms with van der Waals surface area (Å²) in [4.78, 5) is 12.8. The van der Waals surface area contributed by atoms with E-state index in [4.69, 9.17) is 4.74 Å². The minimum Gasteiger partial charge on any atom is -0.476 e. The summed E-state index contributed by atoms with van der Waals surface area (Å²) < 4.78 is 32.2. The predicted molar refractivity (Wildman–Crippen MR) is 113 cm³/mol. The van der Waals surface area contributed by atoms with Gasteiger partial charge in [-0.3, -0.25) is 9.10 Å². The van der Waals surface area contributed by atoms with Crippen molar-refractivity contribution >= 4 is 32.4 Å². The molecule has 0 aromatic heterocycles. The Balaban J connectivity index is 1.55. The molecule has 1 N–H and O–H groups in total. The maximum absolute atomic E-state index is 12.8. The number of hydrogen-bond acceptors (Lipinski definition) is 4. The van der Waals surface area contributed by atoms with Crippen LogP contribution >= 0.6 is 0 Å². The van der Waals surface area contributed by atoms with Gasteiger partial charge < -0.3 is 10.1 Å². The van der Waals surface area contributed by atoms with Crippen molar-refractivity contribution in [2.24, 2.45) is 0 Å². The quantitative estimate of drug-likeness (QED) is 0.701. The van der Waals surface area contributed by atoms with Crippen LogP contribution < -0.4 is 14.4 Å². The van der Waals surface area contributed by atoms with Gasteiger partial charge in [0.2, 0.25) is 10.0 Å². The van der Waals surface area contributed by atoms with Gasteiger partial charge >= 0.3 is 0 Å². The molecule has 0 saturated carbocycles. The van der Waals surface area contributed by atoms with Crippen molar-refractivity contribution < 1.29 is 17.9 Å². The van der Waals surface area contributed by atoms with E-state index in [1.807, 2.05) is 42.5 Å². The molecule has 1 amide bonds. The van der Waals surface area contributed by atoms with Crippen molar-refractivity contribution in [1.82, 2.24) is 5.32 Å². The predicted octanol–water partition coefficient (Wildman–Crippen LogP) is 3.07. The van der Waals surface area contributed by atoms with Crippen LogP contribution in [0.2, 0.25) is 0 Å². The fourth-order valence-corrected chi connectivity index (χ4v) is 4.63. The third kappa shape index (κ3) is 3.78. The smallest absolute Gasteiger partial charge is 0.263 e. The first-order valence-corrected chi connectivity index (χ1v) is 11.1. The summed E-state index contributed by atoms with van der Waals surface area (Å²) in [5.74, 6) is -0.00379. The van der Waals surface area contributed by atoms with Gasteiger partial charge in [0, 0.05) is 6.54 Å². The summed E-state index contributed by atoms with van der Waals surface area (Å²) in [6, 6.07) is 20.8. The molecular weight excluding hydrogens is 388 g/mol. The monoisotopic (exact) mass is 410 g/mol. The van der Waals surface area contributed by atoms with Crippen molar-refractivity contribution in [2.75, 3.05) is 16.6 Å². The first-order chi connectivity index (χ1) is 14.0. The van der Waals surface area contributed by atoms with E-state index < -0.39 is 16.1 Å². The van der Waals surface area contributed by atoms with Crippen LogP contribution in [0.15, 0.2) is 66.7 Å². The molecule has 0 unspecified atom stereocenters. The molecule has 1 aliphatic rings. The molecule has 150 valence electrons. The minimum absolute atomic E-state index is 0.0471. The average Bonchev–Trinajstić information content (AvgIpc) is 2.76. The van der Waals surface area contributed by atoms with E-state index in [1.165, 1.54) is 4.31 Å². The lowest BCUT2D eigenvalue weighted by molar-refractivity contribution is -0.127. The van der Waals surface area contributed by atoms with Crippen LogP contribution in [-0.4, -0.2) is 32.7 Å². The van der Waals surface area contributed by atoms with Crippen molar-refractivity contribution in [1.29, 1.82) is 0 Å². The van der Waals surface area contributed by atoms with Crippen LogP contribution in [0.4, 0.5) is 5.69 Å². The van der Waals surface area contributed by atoms with Crippen molar-refractivity contribution in [3.63, 3.8) is 0 Å². The van der Waals surface area contributed by atoms with E-state index in [0.717, 1.165) is 16.3 Å². The molecule has 0 radical (unpaired) electrons. The first-order valence-electron chi connectivity index (χ1n) is 9.50. The number of amides is 1. The van der Waals surface area contributed by atoms with Gasteiger partial charge in [-0.2, -0.15) is 0 Å². The van der Waals surface area contributed by atoms with Gasteiger partial charge in [-0.1, -0.05) is 54.6 Å². The van der Waals surface area contributed by atoms with E-state index >= 15 is 0 Å². The second-order valence-electron chi connectivity index (χ2n) is 6.86. The van der Waals surface area contributed by atoms with E-state index in [9.17, 15) is 13.2 Å². The summed E-state index contributed by atoms with van der Waals surface area (Å²) >= 11 is 0. The second-order valence-corrected chi connectivity index (χ2v) is 9.04. The Bertz CT molecular complexity index is 1150. The molecule has 0 saturated heterocycles. The van der Waals surface area contributed by atoms with Crippen molar-refractivity contribution in [2.45, 2.75) is 19.6 Å². The van der Waals surface area contributed by atoms with Gasteiger partial charge in [-0.15, -0.1) is 0 Å². The van der Waals surface area contributed by atoms with Crippen LogP contribution in [0.25, 0.3) is 10.8 Å². The van der Waals surface area contributed by atoms with Gasteiger partial charge in [0.15, 0.2) is 6.10 Å². The van der Waals surface area contributed by atoms with Crippen LogP contribution in [0.5, 0.6) is 5.75 Å². The Kier molecular flexibility index (Phi) is 5.15. The molecule has 7 heteroatoms. The molecule has 1 heterocycles. The van der Waals surface area contributed by atoms with Gasteiger partial charge in [-0.05, 0) is 35.4 Å². The third-order valence-electron chi connectivity index (χ3n) is 5.06. The normalized spacial score (nSPS) is 16.2. The summed E-state index contributed by atoms with van der Waals surface area (Å²) in [6.45, 7) is 1.87. The number of nitrogens with one attached hydrogen (secondary N) is 1. The Labute approximate surface area is 170 Å². The lowest BCUT2D eigenvalue weighted by Gasteiger charge is -2.34. The van der Waals surface area contributed by atoms with E-state index in [0.29, 0.717) is 18.0 Å². The zero-order valence-electron chi connectivity index (χ0n) is 16.0. The molecule has 0 bridgehead atoms. The number of ether oxygens (including phenoxy) is 1. The first kappa shape index (κ1) is 19.3. The summed E-state index contributed by atoms with van der Waals surface area (Å²) in [7, 11) is -3.52. The number of rotatable bonds is 5. The van der Waals surface area contributed by atoms with Gasteiger partial charge in [0.1, 0.15) is 5.75 Å². The molecule has 3 aromatic rings. The maximum Gasteiger partial charge on any atom is 0.263 e. The standard InChI is InChI=1S/C22H22N2O4S/c1-2-29(26,27)24-15-21(28-20-13-6-5-12-19(20)24)22(25)23-14-17-10-7-9-16-8-3-4-11-18(16)17/h3-13,21H,2,14-15H2,1H3,(H,23,25)/t21-/m1/s1. The SMILES string of the molecule is CCS(=O)(=O)N1C[C@H](C(=O)NCc2cccc3ccccc23)Oc2ccccc21. The van der Waals surface area contributed by atoms with Gasteiger partial charge in [0.05, 0.1) is 18.0 Å². The number of hydrogen-bond donors (Lipinski definition) is 1. The summed E-state index contributed by atoms with van der Waals surface area (Å²) in [5, 5.41) is 5.07. The zero-order chi connectivity index (χ0) is 20.4. The van der Waals surface area contributed by atoms with Crippen LogP contribution in [-0.2, 0) is 21.4 Å². The van der Waals surface area contributed by atoms with E-state index in [2.05, 4.69) is 5.32 Å². The number of nitrogens with zero attached hydrogens (tertiary/aromatic N) is 1. The molecule has 1 aliphatic heterocycles. The maximum atomic E-state index is 12.8. The highest BCUT2D eigenvalue weighted by Crippen LogP contribution is 2.35. The lowest BCUT2D eigenvalue weighted by atomic mass is 10.0. The Hall–Kier alpha value is -3.06. The summed E-state index contributed by atoms with van der Waals surface area (Å²) in [6.07, 6.45) is -0.916. The fraction of sp³-hybridized carbons (Fsp3) is 0.227. The number of carbonyl (C=O) groups excluding carboxylic acids is 1. The number of anilines is 1. The second kappa shape index (κ2) is 7.75. The Morgan fingerprint density at radius 2 is 1.79 bits per heavy atom. The molecular formula is C22H22N2O4S. The molecule has 29 heavy (non-hydrogen) atoms. The Morgan fingerprint density at radius 1 is 1.07 bits per heavy atom. The summed E-state index contributed by atoms with van der Waals surface area (Å²) in [5.41, 5.74) is 1.46. The van der Waals surface area contributed by atoms with Crippen molar-refractivity contribution in [3.8, 4) is 5.75 Å². The molecule has 4 rings (SSSR count). The lowest BCUT2D eigenvalue weighted by Crippen LogP contribution is -2.50. The highest BCUT2D eigenvalue weighted by atomic mass is 32.2. The molecule has 3 aromatic carbocycles. The van der Waals surface area contributed by atoms with E-state index in [1.54, 1.807) is 31.2 Å². The topological polar surface area (TPSA) is 75.7 Å². The zero-order valence-corrected chi connectivity index (χ0v) is 16.9. The molecule has 0 fully saturated rings. The average molecular weight is 410 g/mol. The van der Waals surface area contributed by atoms with E-state index in [-0.39, 0.29) is 18.2 Å². The van der Waals surface area contributed by atoms with Crippen LogP contribution in [0.1, 0.15) is 12.5 Å². The molecule has 6 nitrogen and oxygen atoms in total. The number of fused-ring (bicyclic) bond motifs is 2. The highest BCUT2D eigenvalue weighted by Gasteiger charge is 2.35. The van der Waals surface area contributed by atoms with Crippen molar-refractivity contribution in [3.05, 3.63) is 72.3 Å². The van der Waals surface area contributed by atoms with Crippen LogP contribution in [0, 0.1) is 0 Å².